The van der Waals surface area contributed by atoms with Crippen molar-refractivity contribution in [2.45, 2.75) is 13.0 Å². The average Bonchev–Trinajstić information content (AvgIpc) is 2.66. The summed E-state index contributed by atoms with van der Waals surface area (Å²) in [5.74, 6) is -1.46. The van der Waals surface area contributed by atoms with E-state index in [2.05, 4.69) is 0 Å². The molecule has 31 heavy (non-hydrogen) atoms. The zero-order valence-electron chi connectivity index (χ0n) is 17.7. The summed E-state index contributed by atoms with van der Waals surface area (Å²) in [5.41, 5.74) is 5.47. The Morgan fingerprint density at radius 3 is 2.48 bits per heavy atom. The number of hydrogen-bond donors (Lipinski definition) is 1. The fourth-order valence-electron chi connectivity index (χ4n) is 3.21. The number of carbonyl (C=O) groups is 1. The number of carbonyl (C=O) groups excluding carboxylic acids is 1. The Morgan fingerprint density at radius 2 is 1.84 bits per heavy atom. The van der Waals surface area contributed by atoms with Crippen LogP contribution in [-0.2, 0) is 13.0 Å². The molecule has 3 aromatic rings. The normalized spacial score (nSPS) is 11.2. The SMILES string of the molecule is CN(C)Cc1c(Cc2cccc(N)c2F)c(=O)oc2cc(OC(=O)N(C)C)cc(F)c12. The van der Waals surface area contributed by atoms with Gasteiger partial charge in [-0.15, -0.1) is 0 Å². The molecule has 0 atom stereocenters. The van der Waals surface area contributed by atoms with E-state index in [0.29, 0.717) is 5.56 Å². The van der Waals surface area contributed by atoms with Gasteiger partial charge >= 0.3 is 11.7 Å². The Kier molecular flexibility index (Phi) is 6.26. The number of nitrogen functional groups attached to an aromatic ring is 1. The molecule has 0 fully saturated rings. The summed E-state index contributed by atoms with van der Waals surface area (Å²) in [6.45, 7) is 0.203. The van der Waals surface area contributed by atoms with Crippen LogP contribution in [0, 0.1) is 11.6 Å². The number of fused-ring (bicyclic) bond motifs is 1. The highest BCUT2D eigenvalue weighted by atomic mass is 19.1. The highest BCUT2D eigenvalue weighted by molar-refractivity contribution is 5.84. The number of ether oxygens (including phenoxy) is 1. The molecule has 3 rings (SSSR count). The fourth-order valence-corrected chi connectivity index (χ4v) is 3.21. The Labute approximate surface area is 177 Å². The van der Waals surface area contributed by atoms with Crippen LogP contribution in [0.25, 0.3) is 11.0 Å². The van der Waals surface area contributed by atoms with Gasteiger partial charge in [0.05, 0.1) is 11.1 Å². The lowest BCUT2D eigenvalue weighted by molar-refractivity contribution is 0.172. The van der Waals surface area contributed by atoms with E-state index in [1.807, 2.05) is 0 Å². The molecule has 0 radical (unpaired) electrons. The van der Waals surface area contributed by atoms with Gasteiger partial charge in [-0.05, 0) is 31.3 Å². The van der Waals surface area contributed by atoms with Crippen molar-refractivity contribution in [3.05, 3.63) is 69.1 Å². The van der Waals surface area contributed by atoms with Crippen LogP contribution < -0.4 is 16.1 Å². The van der Waals surface area contributed by atoms with Gasteiger partial charge in [0.25, 0.3) is 0 Å². The molecule has 0 unspecified atom stereocenters. The zero-order valence-corrected chi connectivity index (χ0v) is 17.7. The van der Waals surface area contributed by atoms with Crippen molar-refractivity contribution in [2.75, 3.05) is 33.9 Å². The molecule has 0 aliphatic heterocycles. The van der Waals surface area contributed by atoms with Gasteiger partial charge in [-0.2, -0.15) is 0 Å². The van der Waals surface area contributed by atoms with Gasteiger partial charge in [0, 0.05) is 44.8 Å². The van der Waals surface area contributed by atoms with E-state index in [0.717, 1.165) is 6.07 Å². The van der Waals surface area contributed by atoms with Crippen LogP contribution >= 0.6 is 0 Å². The van der Waals surface area contributed by atoms with E-state index in [-0.39, 0.29) is 46.5 Å². The maximum Gasteiger partial charge on any atom is 0.414 e. The molecular formula is C22H23F2N3O4. The van der Waals surface area contributed by atoms with Gasteiger partial charge in [0.2, 0.25) is 0 Å². The second kappa shape index (κ2) is 8.73. The molecule has 1 aromatic heterocycles. The minimum Gasteiger partial charge on any atom is -0.422 e. The van der Waals surface area contributed by atoms with Crippen LogP contribution in [0.3, 0.4) is 0 Å². The van der Waals surface area contributed by atoms with Crippen molar-refractivity contribution in [1.82, 2.24) is 9.80 Å². The summed E-state index contributed by atoms with van der Waals surface area (Å²) in [5, 5.41) is 0.0669. The molecule has 0 aliphatic rings. The molecule has 7 nitrogen and oxygen atoms in total. The molecule has 1 amide bonds. The quantitative estimate of drug-likeness (QED) is 0.492. The van der Waals surface area contributed by atoms with Gasteiger partial charge in [-0.3, -0.25) is 0 Å². The van der Waals surface area contributed by atoms with E-state index in [9.17, 15) is 14.0 Å². The highest BCUT2D eigenvalue weighted by Crippen LogP contribution is 2.30. The van der Waals surface area contributed by atoms with Crippen molar-refractivity contribution < 1.29 is 22.7 Å². The number of amides is 1. The molecule has 2 aromatic carbocycles. The van der Waals surface area contributed by atoms with E-state index < -0.39 is 23.4 Å². The number of nitrogens with zero attached hydrogens (tertiary/aromatic N) is 2. The standard InChI is InChI=1S/C22H23F2N3O4/c1-26(2)11-15-14(8-12-6-5-7-17(25)20(12)24)21(28)31-18-10-13(9-16(23)19(15)18)30-22(29)27(3)4/h5-7,9-10H,8,11,25H2,1-4H3. The van der Waals surface area contributed by atoms with Gasteiger partial charge in [-0.25, -0.2) is 18.4 Å². The first-order chi connectivity index (χ1) is 14.6. The monoisotopic (exact) mass is 431 g/mol. The van der Waals surface area contributed by atoms with Crippen LogP contribution in [0.4, 0.5) is 19.3 Å². The first-order valence-electron chi connectivity index (χ1n) is 9.43. The largest absolute Gasteiger partial charge is 0.422 e. The van der Waals surface area contributed by atoms with Gasteiger partial charge in [0.15, 0.2) is 0 Å². The third-order valence-corrected chi connectivity index (χ3v) is 4.66. The van der Waals surface area contributed by atoms with Crippen LogP contribution in [0.2, 0.25) is 0 Å². The summed E-state index contributed by atoms with van der Waals surface area (Å²) < 4.78 is 40.0. The predicted octanol–water partition coefficient (Wildman–Crippen LogP) is 3.37. The maximum absolute atomic E-state index is 15.1. The number of anilines is 1. The highest BCUT2D eigenvalue weighted by Gasteiger charge is 2.22. The summed E-state index contributed by atoms with van der Waals surface area (Å²) in [6.07, 6.45) is -0.821. The first-order valence-corrected chi connectivity index (χ1v) is 9.43. The number of halogens is 2. The Balaban J connectivity index is 2.20. The summed E-state index contributed by atoms with van der Waals surface area (Å²) in [7, 11) is 6.49. The van der Waals surface area contributed by atoms with Crippen LogP contribution in [-0.4, -0.2) is 44.1 Å². The lowest BCUT2D eigenvalue weighted by Gasteiger charge is -2.17. The molecular weight excluding hydrogens is 408 g/mol. The third-order valence-electron chi connectivity index (χ3n) is 4.66. The van der Waals surface area contributed by atoms with E-state index in [1.54, 1.807) is 25.1 Å². The fraction of sp³-hybridized carbons (Fsp3) is 0.273. The predicted molar refractivity (Wildman–Crippen MR) is 113 cm³/mol. The van der Waals surface area contributed by atoms with E-state index in [1.165, 1.54) is 37.2 Å². The lowest BCUT2D eigenvalue weighted by Crippen LogP contribution is -2.25. The number of rotatable bonds is 5. The number of hydrogen-bond acceptors (Lipinski definition) is 6. The maximum atomic E-state index is 15.1. The second-order valence-corrected chi connectivity index (χ2v) is 7.62. The molecule has 9 heteroatoms. The van der Waals surface area contributed by atoms with Crippen molar-refractivity contribution in [2.24, 2.45) is 0 Å². The van der Waals surface area contributed by atoms with E-state index in [4.69, 9.17) is 14.9 Å². The summed E-state index contributed by atoms with van der Waals surface area (Å²) >= 11 is 0. The second-order valence-electron chi connectivity index (χ2n) is 7.62. The van der Waals surface area contributed by atoms with Crippen LogP contribution in [0.1, 0.15) is 16.7 Å². The Bertz CT molecular complexity index is 1210. The molecule has 164 valence electrons. The Hall–Kier alpha value is -3.46. The smallest absolute Gasteiger partial charge is 0.414 e. The van der Waals surface area contributed by atoms with Gasteiger partial charge in [-0.1, -0.05) is 12.1 Å². The van der Waals surface area contributed by atoms with Gasteiger partial charge in [0.1, 0.15) is 23.0 Å². The molecule has 0 saturated heterocycles. The molecule has 1 heterocycles. The van der Waals surface area contributed by atoms with E-state index >= 15 is 4.39 Å². The van der Waals surface area contributed by atoms with Gasteiger partial charge < -0.3 is 24.7 Å². The minimum absolute atomic E-state index is 0.0460. The number of benzene rings is 2. The zero-order chi connectivity index (χ0) is 22.9. The van der Waals surface area contributed by atoms with Crippen LogP contribution in [0.15, 0.2) is 39.5 Å². The summed E-state index contributed by atoms with van der Waals surface area (Å²) in [4.78, 5) is 27.5. The molecule has 0 aliphatic carbocycles. The molecule has 0 saturated carbocycles. The first kappa shape index (κ1) is 22.2. The van der Waals surface area contributed by atoms with Crippen molar-refractivity contribution in [3.8, 4) is 5.75 Å². The van der Waals surface area contributed by atoms with Crippen molar-refractivity contribution in [1.29, 1.82) is 0 Å². The van der Waals surface area contributed by atoms with Crippen LogP contribution in [0.5, 0.6) is 5.75 Å². The average molecular weight is 431 g/mol. The van der Waals surface area contributed by atoms with Crippen molar-refractivity contribution in [3.63, 3.8) is 0 Å². The topological polar surface area (TPSA) is 89.0 Å². The summed E-state index contributed by atoms with van der Waals surface area (Å²) in [6, 6.07) is 6.83. The Morgan fingerprint density at radius 1 is 1.13 bits per heavy atom. The molecule has 0 spiro atoms. The minimum atomic E-state index is -0.735. The third kappa shape index (κ3) is 4.66. The molecule has 2 N–H and O–H groups in total. The molecule has 0 bridgehead atoms. The van der Waals surface area contributed by atoms with Crippen molar-refractivity contribution >= 4 is 22.7 Å². The lowest BCUT2D eigenvalue weighted by atomic mass is 9.97. The number of nitrogens with two attached hydrogens (primary N) is 1.